The molecule has 118 valence electrons. The van der Waals surface area contributed by atoms with Gasteiger partial charge in [-0.3, -0.25) is 0 Å². The van der Waals surface area contributed by atoms with Crippen LogP contribution >= 0.6 is 0 Å². The Hall–Kier alpha value is -2.42. The van der Waals surface area contributed by atoms with E-state index < -0.39 is 15.6 Å². The molecular formula is C18H18N2O2S. The Morgan fingerprint density at radius 1 is 1.09 bits per heavy atom. The number of hydrogen-bond acceptors (Lipinski definition) is 3. The molecule has 0 saturated heterocycles. The number of nitrogens with zero attached hydrogens (tertiary/aromatic N) is 1. The van der Waals surface area contributed by atoms with Gasteiger partial charge in [-0.15, -0.1) is 0 Å². The van der Waals surface area contributed by atoms with Gasteiger partial charge in [0.1, 0.15) is 5.54 Å². The van der Waals surface area contributed by atoms with Gasteiger partial charge in [-0.2, -0.15) is 9.98 Å². The largest absolute Gasteiger partial charge is 0.242 e. The third-order valence-electron chi connectivity index (χ3n) is 3.32. The third kappa shape index (κ3) is 4.52. The van der Waals surface area contributed by atoms with Crippen LogP contribution in [0.15, 0.2) is 65.6 Å². The summed E-state index contributed by atoms with van der Waals surface area (Å²) in [5, 5.41) is 9.39. The van der Waals surface area contributed by atoms with Gasteiger partial charge >= 0.3 is 0 Å². The minimum Gasteiger partial charge on any atom is -0.207 e. The first-order chi connectivity index (χ1) is 10.8. The number of nitrogens with one attached hydrogen (secondary N) is 1. The smallest absolute Gasteiger partial charge is 0.207 e. The molecular weight excluding hydrogens is 308 g/mol. The molecule has 2 aromatic rings. The van der Waals surface area contributed by atoms with Crippen LogP contribution in [0.4, 0.5) is 0 Å². The van der Waals surface area contributed by atoms with E-state index in [4.69, 9.17) is 0 Å². The van der Waals surface area contributed by atoms with Crippen molar-refractivity contribution in [3.05, 3.63) is 71.8 Å². The summed E-state index contributed by atoms with van der Waals surface area (Å²) in [5.41, 5.74) is 0.527. The van der Waals surface area contributed by atoms with Crippen molar-refractivity contribution in [1.82, 2.24) is 4.72 Å². The molecule has 0 aliphatic heterocycles. The van der Waals surface area contributed by atoms with Gasteiger partial charge < -0.3 is 0 Å². The van der Waals surface area contributed by atoms with Gasteiger partial charge in [0.2, 0.25) is 10.0 Å². The van der Waals surface area contributed by atoms with Crippen LogP contribution < -0.4 is 4.72 Å². The first kappa shape index (κ1) is 16.9. The number of sulfonamides is 1. The average Bonchev–Trinajstić information content (AvgIpc) is 2.54. The first-order valence-electron chi connectivity index (χ1n) is 7.11. The fourth-order valence-electron chi connectivity index (χ4n) is 1.98. The molecule has 0 radical (unpaired) electrons. The Balaban J connectivity index is 2.25. The van der Waals surface area contributed by atoms with E-state index in [0.29, 0.717) is 0 Å². The van der Waals surface area contributed by atoms with Gasteiger partial charge in [-0.1, -0.05) is 54.1 Å². The van der Waals surface area contributed by atoms with Crippen LogP contribution in [0.1, 0.15) is 18.1 Å². The molecule has 1 unspecified atom stereocenters. The van der Waals surface area contributed by atoms with Crippen molar-refractivity contribution in [1.29, 1.82) is 5.26 Å². The summed E-state index contributed by atoms with van der Waals surface area (Å²) in [6.07, 6.45) is 3.27. The van der Waals surface area contributed by atoms with E-state index in [-0.39, 0.29) is 4.90 Å². The third-order valence-corrected chi connectivity index (χ3v) is 4.90. The van der Waals surface area contributed by atoms with Crippen molar-refractivity contribution in [2.24, 2.45) is 0 Å². The maximum absolute atomic E-state index is 12.4. The summed E-state index contributed by atoms with van der Waals surface area (Å²) in [7, 11) is -3.77. The molecule has 0 heterocycles. The SMILES string of the molecule is Cc1ccc(S(=O)(=O)NC(C)(C#N)/C=C/c2ccccc2)cc1. The average molecular weight is 326 g/mol. The molecule has 0 saturated carbocycles. The van der Waals surface area contributed by atoms with Crippen LogP contribution in [0, 0.1) is 18.3 Å². The van der Waals surface area contributed by atoms with Crippen LogP contribution in [0.25, 0.3) is 6.08 Å². The summed E-state index contributed by atoms with van der Waals surface area (Å²) in [5.74, 6) is 0. The van der Waals surface area contributed by atoms with Gasteiger partial charge in [-0.25, -0.2) is 8.42 Å². The van der Waals surface area contributed by atoms with E-state index in [1.807, 2.05) is 43.3 Å². The van der Waals surface area contributed by atoms with E-state index in [1.54, 1.807) is 24.3 Å². The zero-order chi connectivity index (χ0) is 16.9. The molecule has 1 atom stereocenters. The minimum absolute atomic E-state index is 0.137. The minimum atomic E-state index is -3.77. The standard InChI is InChI=1S/C18H18N2O2S/c1-15-8-10-17(11-9-15)23(21,22)20-18(2,14-19)13-12-16-6-4-3-5-7-16/h3-13,20H,1-2H3/b13-12+. The Labute approximate surface area is 137 Å². The molecule has 2 aromatic carbocycles. The van der Waals surface area contributed by atoms with Gasteiger partial charge in [0.05, 0.1) is 11.0 Å². The predicted octanol–water partition coefficient (Wildman–Crippen LogP) is 3.27. The molecule has 2 rings (SSSR count). The highest BCUT2D eigenvalue weighted by atomic mass is 32.2. The normalized spacial score (nSPS) is 14.3. The maximum atomic E-state index is 12.4. The summed E-state index contributed by atoms with van der Waals surface area (Å²) in [6.45, 7) is 3.41. The van der Waals surface area contributed by atoms with Crippen molar-refractivity contribution in [2.45, 2.75) is 24.3 Å². The molecule has 1 N–H and O–H groups in total. The molecule has 0 bridgehead atoms. The zero-order valence-corrected chi connectivity index (χ0v) is 13.8. The zero-order valence-electron chi connectivity index (χ0n) is 13.0. The molecule has 0 aliphatic carbocycles. The second-order valence-electron chi connectivity index (χ2n) is 5.48. The van der Waals surface area contributed by atoms with E-state index in [2.05, 4.69) is 4.72 Å². The Morgan fingerprint density at radius 2 is 1.70 bits per heavy atom. The van der Waals surface area contributed by atoms with Crippen molar-refractivity contribution in [3.8, 4) is 6.07 Å². The molecule has 23 heavy (non-hydrogen) atoms. The number of aryl methyl sites for hydroxylation is 1. The molecule has 0 fully saturated rings. The predicted molar refractivity (Wildman–Crippen MR) is 91.0 cm³/mol. The van der Waals surface area contributed by atoms with Crippen molar-refractivity contribution in [2.75, 3.05) is 0 Å². The number of hydrogen-bond donors (Lipinski definition) is 1. The Bertz CT molecular complexity index is 835. The number of rotatable bonds is 5. The van der Waals surface area contributed by atoms with Crippen LogP contribution in [0.3, 0.4) is 0 Å². The van der Waals surface area contributed by atoms with E-state index >= 15 is 0 Å². The summed E-state index contributed by atoms with van der Waals surface area (Å²) < 4.78 is 27.3. The highest BCUT2D eigenvalue weighted by Crippen LogP contribution is 2.16. The van der Waals surface area contributed by atoms with E-state index in [0.717, 1.165) is 11.1 Å². The van der Waals surface area contributed by atoms with Crippen LogP contribution in [-0.4, -0.2) is 14.0 Å². The maximum Gasteiger partial charge on any atom is 0.242 e. The molecule has 4 nitrogen and oxygen atoms in total. The van der Waals surface area contributed by atoms with Crippen molar-refractivity contribution in [3.63, 3.8) is 0 Å². The van der Waals surface area contributed by atoms with Crippen molar-refractivity contribution < 1.29 is 8.42 Å². The van der Waals surface area contributed by atoms with Crippen LogP contribution in [0.2, 0.25) is 0 Å². The van der Waals surface area contributed by atoms with Gasteiger partial charge in [-0.05, 0) is 37.6 Å². The molecule has 0 aliphatic rings. The quantitative estimate of drug-likeness (QED) is 0.917. The molecule has 5 heteroatoms. The highest BCUT2D eigenvalue weighted by Gasteiger charge is 2.28. The monoisotopic (exact) mass is 326 g/mol. The Kier molecular flexibility index (Phi) is 4.99. The molecule has 0 aromatic heterocycles. The topological polar surface area (TPSA) is 70.0 Å². The van der Waals surface area contributed by atoms with Crippen molar-refractivity contribution >= 4 is 16.1 Å². The first-order valence-corrected chi connectivity index (χ1v) is 8.59. The van der Waals surface area contributed by atoms with Gasteiger partial charge in [0.25, 0.3) is 0 Å². The lowest BCUT2D eigenvalue weighted by molar-refractivity contribution is 0.557. The second-order valence-corrected chi connectivity index (χ2v) is 7.16. The van der Waals surface area contributed by atoms with Gasteiger partial charge in [0, 0.05) is 0 Å². The van der Waals surface area contributed by atoms with E-state index in [9.17, 15) is 13.7 Å². The highest BCUT2D eigenvalue weighted by molar-refractivity contribution is 7.89. The lowest BCUT2D eigenvalue weighted by Crippen LogP contribution is -2.43. The Morgan fingerprint density at radius 3 is 2.26 bits per heavy atom. The molecule has 0 amide bonds. The van der Waals surface area contributed by atoms with Crippen LogP contribution in [-0.2, 0) is 10.0 Å². The fourth-order valence-corrected chi connectivity index (χ4v) is 3.26. The lowest BCUT2D eigenvalue weighted by atomic mass is 10.0. The number of nitriles is 1. The fraction of sp³-hybridized carbons (Fsp3) is 0.167. The number of benzene rings is 2. The summed E-state index contributed by atoms with van der Waals surface area (Å²) in [4.78, 5) is 0.137. The van der Waals surface area contributed by atoms with Crippen LogP contribution in [0.5, 0.6) is 0 Å². The molecule has 0 spiro atoms. The second kappa shape index (κ2) is 6.78. The van der Waals surface area contributed by atoms with E-state index in [1.165, 1.54) is 19.1 Å². The van der Waals surface area contributed by atoms with Gasteiger partial charge in [0.15, 0.2) is 0 Å². The lowest BCUT2D eigenvalue weighted by Gasteiger charge is -2.19. The summed E-state index contributed by atoms with van der Waals surface area (Å²) >= 11 is 0. The summed E-state index contributed by atoms with van der Waals surface area (Å²) in [6, 6.07) is 17.9.